The smallest absolute Gasteiger partial charge is 0.0991 e. The Labute approximate surface area is 106 Å². The van der Waals surface area contributed by atoms with Crippen molar-refractivity contribution >= 4 is 0 Å². The van der Waals surface area contributed by atoms with Gasteiger partial charge in [0.15, 0.2) is 0 Å². The number of hydrogen-bond acceptors (Lipinski definition) is 3. The number of piperidine rings is 1. The van der Waals surface area contributed by atoms with Crippen LogP contribution in [0.1, 0.15) is 26.2 Å². The molecule has 0 aromatic carbocycles. The zero-order valence-electron chi connectivity index (χ0n) is 11.4. The minimum absolute atomic E-state index is 0.686. The first kappa shape index (κ1) is 14.7. The third-order valence-electron chi connectivity index (χ3n) is 3.61. The molecule has 3 heteroatoms. The topological polar surface area (TPSA) is 21.7 Å². The fourth-order valence-electron chi connectivity index (χ4n) is 2.49. The third-order valence-corrected chi connectivity index (χ3v) is 3.61. The van der Waals surface area contributed by atoms with Crippen molar-refractivity contribution in [1.82, 2.24) is 4.90 Å². The molecule has 0 aromatic heterocycles. The molecular formula is C14H27NO2. The van der Waals surface area contributed by atoms with E-state index in [2.05, 4.69) is 18.4 Å². The minimum Gasteiger partial charge on any atom is -0.382 e. The Morgan fingerprint density at radius 2 is 2.24 bits per heavy atom. The standard InChI is InChI=1S/C14H27NO2/c1-4-5-6-14-7-8-15(11-13(14)2)12-17-10-9-16-3/h4,13-14H,1,5-12H2,2-3H3. The molecule has 17 heavy (non-hydrogen) atoms. The third kappa shape index (κ3) is 5.66. The largest absolute Gasteiger partial charge is 0.382 e. The number of methoxy groups -OCH3 is 1. The minimum atomic E-state index is 0.686. The van der Waals surface area contributed by atoms with Gasteiger partial charge in [0.2, 0.25) is 0 Å². The zero-order valence-corrected chi connectivity index (χ0v) is 11.4. The van der Waals surface area contributed by atoms with E-state index < -0.39 is 0 Å². The van der Waals surface area contributed by atoms with Gasteiger partial charge in [0, 0.05) is 20.2 Å². The molecule has 1 aliphatic rings. The van der Waals surface area contributed by atoms with Gasteiger partial charge in [-0.2, -0.15) is 0 Å². The van der Waals surface area contributed by atoms with Crippen LogP contribution in [0.2, 0.25) is 0 Å². The van der Waals surface area contributed by atoms with Crippen LogP contribution >= 0.6 is 0 Å². The van der Waals surface area contributed by atoms with Gasteiger partial charge in [0.1, 0.15) is 0 Å². The summed E-state index contributed by atoms with van der Waals surface area (Å²) in [5, 5.41) is 0. The fourth-order valence-corrected chi connectivity index (χ4v) is 2.49. The highest BCUT2D eigenvalue weighted by Crippen LogP contribution is 2.27. The van der Waals surface area contributed by atoms with E-state index in [0.29, 0.717) is 13.2 Å². The van der Waals surface area contributed by atoms with Gasteiger partial charge in [0.05, 0.1) is 19.9 Å². The molecule has 3 nitrogen and oxygen atoms in total. The molecule has 0 saturated carbocycles. The van der Waals surface area contributed by atoms with Crippen molar-refractivity contribution in [2.24, 2.45) is 11.8 Å². The van der Waals surface area contributed by atoms with Gasteiger partial charge in [-0.05, 0) is 31.1 Å². The quantitative estimate of drug-likeness (QED) is 0.481. The summed E-state index contributed by atoms with van der Waals surface area (Å²) in [6.07, 6.45) is 5.78. The number of nitrogens with zero attached hydrogens (tertiary/aromatic N) is 1. The van der Waals surface area contributed by atoms with Gasteiger partial charge in [-0.15, -0.1) is 6.58 Å². The molecule has 0 radical (unpaired) electrons. The Kier molecular flexibility index (Phi) is 7.49. The first-order chi connectivity index (χ1) is 8.27. The van der Waals surface area contributed by atoms with Crippen LogP contribution in [0.5, 0.6) is 0 Å². The van der Waals surface area contributed by atoms with Crippen molar-refractivity contribution < 1.29 is 9.47 Å². The van der Waals surface area contributed by atoms with Crippen molar-refractivity contribution in [2.45, 2.75) is 26.2 Å². The molecule has 1 rings (SSSR count). The molecule has 1 aliphatic heterocycles. The summed E-state index contributed by atoms with van der Waals surface area (Å²) in [5.41, 5.74) is 0. The second kappa shape index (κ2) is 8.67. The maximum atomic E-state index is 5.56. The van der Waals surface area contributed by atoms with Crippen molar-refractivity contribution in [2.75, 3.05) is 40.1 Å². The average molecular weight is 241 g/mol. The lowest BCUT2D eigenvalue weighted by Gasteiger charge is -2.36. The van der Waals surface area contributed by atoms with Crippen molar-refractivity contribution in [1.29, 1.82) is 0 Å². The lowest BCUT2D eigenvalue weighted by Crippen LogP contribution is -2.40. The molecule has 0 aliphatic carbocycles. The lowest BCUT2D eigenvalue weighted by molar-refractivity contribution is -0.0212. The van der Waals surface area contributed by atoms with Crippen LogP contribution in [0.3, 0.4) is 0 Å². The molecule has 1 saturated heterocycles. The molecule has 2 atom stereocenters. The Hall–Kier alpha value is -0.380. The second-order valence-corrected chi connectivity index (χ2v) is 5.00. The maximum absolute atomic E-state index is 5.56. The van der Waals surface area contributed by atoms with E-state index in [0.717, 1.165) is 31.5 Å². The summed E-state index contributed by atoms with van der Waals surface area (Å²) in [7, 11) is 1.70. The first-order valence-electron chi connectivity index (χ1n) is 6.67. The Balaban J connectivity index is 2.15. The maximum Gasteiger partial charge on any atom is 0.0991 e. The van der Waals surface area contributed by atoms with E-state index in [4.69, 9.17) is 9.47 Å². The molecule has 2 unspecified atom stereocenters. The van der Waals surface area contributed by atoms with Crippen LogP contribution in [0.25, 0.3) is 0 Å². The van der Waals surface area contributed by atoms with E-state index in [1.165, 1.54) is 19.4 Å². The highest BCUT2D eigenvalue weighted by molar-refractivity contribution is 4.79. The second-order valence-electron chi connectivity index (χ2n) is 5.00. The van der Waals surface area contributed by atoms with E-state index in [-0.39, 0.29) is 0 Å². The van der Waals surface area contributed by atoms with E-state index in [9.17, 15) is 0 Å². The molecule has 0 N–H and O–H groups in total. The summed E-state index contributed by atoms with van der Waals surface area (Å²) in [5.74, 6) is 1.64. The van der Waals surface area contributed by atoms with E-state index in [1.54, 1.807) is 7.11 Å². The Morgan fingerprint density at radius 3 is 2.88 bits per heavy atom. The predicted octanol–water partition coefficient (Wildman–Crippen LogP) is 2.53. The van der Waals surface area contributed by atoms with Gasteiger partial charge in [-0.25, -0.2) is 0 Å². The van der Waals surface area contributed by atoms with Gasteiger partial charge >= 0.3 is 0 Å². The van der Waals surface area contributed by atoms with Gasteiger partial charge < -0.3 is 9.47 Å². The van der Waals surface area contributed by atoms with Gasteiger partial charge in [-0.3, -0.25) is 4.90 Å². The van der Waals surface area contributed by atoms with Crippen LogP contribution in [0, 0.1) is 11.8 Å². The summed E-state index contributed by atoms with van der Waals surface area (Å²) in [6, 6.07) is 0. The van der Waals surface area contributed by atoms with Gasteiger partial charge in [0.25, 0.3) is 0 Å². The number of rotatable bonds is 8. The monoisotopic (exact) mass is 241 g/mol. The van der Waals surface area contributed by atoms with Gasteiger partial charge in [-0.1, -0.05) is 13.0 Å². The molecule has 1 heterocycles. The van der Waals surface area contributed by atoms with Crippen molar-refractivity contribution in [3.8, 4) is 0 Å². The summed E-state index contributed by atoms with van der Waals surface area (Å²) < 4.78 is 10.5. The molecule has 0 spiro atoms. The zero-order chi connectivity index (χ0) is 12.5. The van der Waals surface area contributed by atoms with Crippen LogP contribution in [-0.4, -0.2) is 45.0 Å². The molecule has 1 fully saturated rings. The molecule has 100 valence electrons. The van der Waals surface area contributed by atoms with Crippen molar-refractivity contribution in [3.63, 3.8) is 0 Å². The number of allylic oxidation sites excluding steroid dienone is 1. The fraction of sp³-hybridized carbons (Fsp3) is 0.857. The highest BCUT2D eigenvalue weighted by Gasteiger charge is 2.25. The van der Waals surface area contributed by atoms with Crippen LogP contribution in [0.15, 0.2) is 12.7 Å². The first-order valence-corrected chi connectivity index (χ1v) is 6.67. The van der Waals surface area contributed by atoms with E-state index >= 15 is 0 Å². The van der Waals surface area contributed by atoms with Crippen LogP contribution in [-0.2, 0) is 9.47 Å². The Bertz CT molecular complexity index is 208. The summed E-state index contributed by atoms with van der Waals surface area (Å²) in [4.78, 5) is 2.41. The lowest BCUT2D eigenvalue weighted by atomic mass is 9.84. The normalized spacial score (nSPS) is 26.0. The van der Waals surface area contributed by atoms with E-state index in [1.807, 2.05) is 6.08 Å². The molecule has 0 bridgehead atoms. The Morgan fingerprint density at radius 1 is 1.41 bits per heavy atom. The van der Waals surface area contributed by atoms with Crippen LogP contribution < -0.4 is 0 Å². The molecule has 0 aromatic rings. The summed E-state index contributed by atoms with van der Waals surface area (Å²) in [6.45, 7) is 10.6. The SMILES string of the molecule is C=CCCC1CCN(COCCOC)CC1C. The number of ether oxygens (including phenoxy) is 2. The summed E-state index contributed by atoms with van der Waals surface area (Å²) >= 11 is 0. The van der Waals surface area contributed by atoms with Crippen molar-refractivity contribution in [3.05, 3.63) is 12.7 Å². The molecule has 0 amide bonds. The predicted molar refractivity (Wildman–Crippen MR) is 71.0 cm³/mol. The number of hydrogen-bond donors (Lipinski definition) is 0. The van der Waals surface area contributed by atoms with Crippen LogP contribution in [0.4, 0.5) is 0 Å². The molecular weight excluding hydrogens is 214 g/mol. The number of likely N-dealkylation sites (tertiary alicyclic amines) is 1. The highest BCUT2D eigenvalue weighted by atomic mass is 16.5. The average Bonchev–Trinajstić information content (AvgIpc) is 2.34.